The van der Waals surface area contributed by atoms with Crippen LogP contribution in [-0.4, -0.2) is 0 Å². The van der Waals surface area contributed by atoms with E-state index in [1.807, 2.05) is 11.3 Å². The highest BCUT2D eigenvalue weighted by Gasteiger charge is 2.39. The third-order valence-corrected chi connectivity index (χ3v) is 13.7. The minimum Gasteiger partial charge on any atom is -0.310 e. The number of benzene rings is 8. The SMILES string of the molecule is CC1(C)c2ccccc2-c2ccc(N(c3ccc4c(c3)-c3c(ccc5c3sc3ccccc35)C4(C)C)c3ccc(-c4ccccc4)c4ccccc34)cc21. The maximum absolute atomic E-state index is 2.52. The highest BCUT2D eigenvalue weighted by atomic mass is 32.1. The molecule has 0 N–H and O–H groups in total. The number of hydrogen-bond acceptors (Lipinski definition) is 2. The molecule has 2 aliphatic carbocycles. The molecule has 0 unspecified atom stereocenters. The predicted octanol–water partition coefficient (Wildman–Crippen LogP) is 15.0. The van der Waals surface area contributed by atoms with Gasteiger partial charge in [0.2, 0.25) is 0 Å². The molecular weight excluding hydrogens is 671 g/mol. The van der Waals surface area contributed by atoms with Crippen molar-refractivity contribution in [1.82, 2.24) is 0 Å². The molecule has 54 heavy (non-hydrogen) atoms. The normalized spacial score (nSPS) is 14.6. The monoisotopic (exact) mass is 709 g/mol. The van der Waals surface area contributed by atoms with Gasteiger partial charge in [-0.15, -0.1) is 11.3 Å². The minimum atomic E-state index is -0.111. The van der Waals surface area contributed by atoms with Gasteiger partial charge in [0.15, 0.2) is 0 Å². The van der Waals surface area contributed by atoms with Gasteiger partial charge in [-0.25, -0.2) is 0 Å². The zero-order valence-corrected chi connectivity index (χ0v) is 31.8. The Balaban J connectivity index is 1.18. The first-order valence-corrected chi connectivity index (χ1v) is 19.8. The van der Waals surface area contributed by atoms with Crippen LogP contribution in [0.4, 0.5) is 17.1 Å². The molecule has 1 heterocycles. The van der Waals surface area contributed by atoms with Crippen LogP contribution >= 0.6 is 11.3 Å². The lowest BCUT2D eigenvalue weighted by molar-refractivity contribution is 0.660. The van der Waals surface area contributed by atoms with Crippen LogP contribution in [0.15, 0.2) is 164 Å². The molecular formula is C52H39NS. The van der Waals surface area contributed by atoms with Gasteiger partial charge in [0.25, 0.3) is 0 Å². The molecule has 8 aromatic carbocycles. The standard InChI is InChI=1S/C52H39NS/c1-51(2)44-27-23-33(30-42(44)49-45(51)28-25-41-40-19-11-13-21-48(40)54-50(41)49)53(34-22-24-38-37-17-10-12-20-43(37)52(3,4)46(38)31-34)47-29-26-35(32-14-6-5-7-15-32)36-16-8-9-18-39(36)47/h5-31H,1-4H3. The number of hydrogen-bond donors (Lipinski definition) is 0. The quantitative estimate of drug-likeness (QED) is 0.176. The molecule has 0 bridgehead atoms. The zero-order chi connectivity index (χ0) is 36.3. The summed E-state index contributed by atoms with van der Waals surface area (Å²) in [7, 11) is 0. The number of thiophene rings is 1. The third-order valence-electron chi connectivity index (χ3n) is 12.5. The van der Waals surface area contributed by atoms with Crippen LogP contribution in [0.2, 0.25) is 0 Å². The van der Waals surface area contributed by atoms with E-state index in [9.17, 15) is 0 Å². The summed E-state index contributed by atoms with van der Waals surface area (Å²) in [5, 5.41) is 5.17. The van der Waals surface area contributed by atoms with Gasteiger partial charge in [0.05, 0.1) is 5.69 Å². The van der Waals surface area contributed by atoms with Crippen molar-refractivity contribution in [2.24, 2.45) is 0 Å². The van der Waals surface area contributed by atoms with Crippen molar-refractivity contribution in [1.29, 1.82) is 0 Å². The first-order chi connectivity index (χ1) is 26.3. The van der Waals surface area contributed by atoms with Crippen LogP contribution in [0, 0.1) is 0 Å². The number of anilines is 3. The fourth-order valence-corrected chi connectivity index (χ4v) is 11.0. The molecule has 0 saturated carbocycles. The molecule has 0 saturated heterocycles. The average molecular weight is 710 g/mol. The Bertz CT molecular complexity index is 3000. The van der Waals surface area contributed by atoms with Gasteiger partial charge in [-0.2, -0.15) is 0 Å². The smallest absolute Gasteiger partial charge is 0.0540 e. The molecule has 0 spiro atoms. The summed E-state index contributed by atoms with van der Waals surface area (Å²) >= 11 is 1.93. The maximum Gasteiger partial charge on any atom is 0.0540 e. The fraction of sp³-hybridized carbons (Fsp3) is 0.115. The molecule has 1 aromatic heterocycles. The first-order valence-electron chi connectivity index (χ1n) is 19.0. The van der Waals surface area contributed by atoms with Crippen molar-refractivity contribution in [2.45, 2.75) is 38.5 Å². The summed E-state index contributed by atoms with van der Waals surface area (Å²) in [4.78, 5) is 2.52. The Hall–Kier alpha value is -5.96. The van der Waals surface area contributed by atoms with Crippen molar-refractivity contribution >= 4 is 59.3 Å². The molecule has 0 radical (unpaired) electrons. The number of nitrogens with zero attached hydrogens (tertiary/aromatic N) is 1. The van der Waals surface area contributed by atoms with Crippen molar-refractivity contribution in [2.75, 3.05) is 4.90 Å². The lowest BCUT2D eigenvalue weighted by Crippen LogP contribution is -2.17. The van der Waals surface area contributed by atoms with E-state index < -0.39 is 0 Å². The Labute approximate surface area is 320 Å². The van der Waals surface area contributed by atoms with Crippen LogP contribution < -0.4 is 4.90 Å². The van der Waals surface area contributed by atoms with Gasteiger partial charge in [0, 0.05) is 53.3 Å². The number of fused-ring (bicyclic) bond motifs is 11. The van der Waals surface area contributed by atoms with Crippen LogP contribution in [0.1, 0.15) is 49.9 Å². The zero-order valence-electron chi connectivity index (χ0n) is 30.9. The molecule has 0 aliphatic heterocycles. The second-order valence-electron chi connectivity index (χ2n) is 16.1. The van der Waals surface area contributed by atoms with Gasteiger partial charge in [-0.3, -0.25) is 0 Å². The maximum atomic E-state index is 2.52. The summed E-state index contributed by atoms with van der Waals surface area (Å²) in [6, 6.07) is 61.3. The van der Waals surface area contributed by atoms with Gasteiger partial charge in [0.1, 0.15) is 0 Å². The lowest BCUT2D eigenvalue weighted by Gasteiger charge is -2.30. The highest BCUT2D eigenvalue weighted by molar-refractivity contribution is 7.26. The van der Waals surface area contributed by atoms with Gasteiger partial charge >= 0.3 is 0 Å². The Morgan fingerprint density at radius 3 is 1.87 bits per heavy atom. The molecule has 2 heteroatoms. The van der Waals surface area contributed by atoms with Crippen LogP contribution in [0.25, 0.3) is 64.3 Å². The highest BCUT2D eigenvalue weighted by Crippen LogP contribution is 2.56. The van der Waals surface area contributed by atoms with E-state index in [1.54, 1.807) is 0 Å². The summed E-state index contributed by atoms with van der Waals surface area (Å²) in [5.74, 6) is 0. The van der Waals surface area contributed by atoms with E-state index in [0.717, 1.165) is 0 Å². The molecule has 0 amide bonds. The Kier molecular flexibility index (Phi) is 6.59. The largest absolute Gasteiger partial charge is 0.310 e. The van der Waals surface area contributed by atoms with E-state index in [1.165, 1.54) is 104 Å². The molecule has 11 rings (SSSR count). The van der Waals surface area contributed by atoms with Crippen LogP contribution in [-0.2, 0) is 10.8 Å². The van der Waals surface area contributed by atoms with Crippen molar-refractivity contribution in [3.05, 3.63) is 186 Å². The van der Waals surface area contributed by atoms with E-state index in [0.29, 0.717) is 0 Å². The van der Waals surface area contributed by atoms with Crippen LogP contribution in [0.3, 0.4) is 0 Å². The summed E-state index contributed by atoms with van der Waals surface area (Å²) in [5.41, 5.74) is 16.8. The summed E-state index contributed by atoms with van der Waals surface area (Å²) < 4.78 is 2.73. The van der Waals surface area contributed by atoms with Crippen LogP contribution in [0.5, 0.6) is 0 Å². The van der Waals surface area contributed by atoms with Gasteiger partial charge < -0.3 is 4.90 Å². The van der Waals surface area contributed by atoms with Gasteiger partial charge in [-0.1, -0.05) is 155 Å². The first kappa shape index (κ1) is 31.6. The second-order valence-corrected chi connectivity index (χ2v) is 17.1. The van der Waals surface area contributed by atoms with Crippen molar-refractivity contribution in [3.8, 4) is 33.4 Å². The number of rotatable bonds is 4. The van der Waals surface area contributed by atoms with Gasteiger partial charge in [-0.05, 0) is 91.9 Å². The molecule has 0 atom stereocenters. The minimum absolute atomic E-state index is 0.105. The molecule has 2 aliphatic rings. The molecule has 258 valence electrons. The lowest BCUT2D eigenvalue weighted by atomic mass is 9.82. The van der Waals surface area contributed by atoms with E-state index in [-0.39, 0.29) is 10.8 Å². The molecule has 0 fully saturated rings. The fourth-order valence-electron chi connectivity index (χ4n) is 9.75. The predicted molar refractivity (Wildman–Crippen MR) is 232 cm³/mol. The molecule has 1 nitrogen and oxygen atoms in total. The topological polar surface area (TPSA) is 3.24 Å². The second kappa shape index (κ2) is 11.3. The van der Waals surface area contributed by atoms with Crippen molar-refractivity contribution < 1.29 is 0 Å². The Morgan fingerprint density at radius 2 is 1.02 bits per heavy atom. The summed E-state index contributed by atoms with van der Waals surface area (Å²) in [6.07, 6.45) is 0. The Morgan fingerprint density at radius 1 is 0.407 bits per heavy atom. The third kappa shape index (κ3) is 4.32. The average Bonchev–Trinajstić information content (AvgIpc) is 3.78. The molecule has 9 aromatic rings. The van der Waals surface area contributed by atoms with Crippen molar-refractivity contribution in [3.63, 3.8) is 0 Å². The van der Waals surface area contributed by atoms with E-state index in [4.69, 9.17) is 0 Å². The van der Waals surface area contributed by atoms with E-state index >= 15 is 0 Å². The summed E-state index contributed by atoms with van der Waals surface area (Å²) in [6.45, 7) is 9.54. The van der Waals surface area contributed by atoms with E-state index in [2.05, 4.69) is 196 Å².